The van der Waals surface area contributed by atoms with Crippen molar-refractivity contribution in [3.8, 4) is 0 Å². The van der Waals surface area contributed by atoms with Gasteiger partial charge in [0.2, 0.25) is 0 Å². The number of hydrogen-bond acceptors (Lipinski definition) is 12. The van der Waals surface area contributed by atoms with E-state index in [-0.39, 0.29) is 12.8 Å². The van der Waals surface area contributed by atoms with Gasteiger partial charge < -0.3 is 39.9 Å². The minimum Gasteiger partial charge on any atom is -0.462 e. The highest BCUT2D eigenvalue weighted by atomic mass is 31.2. The van der Waals surface area contributed by atoms with Crippen LogP contribution in [0.1, 0.15) is 213 Å². The number of aliphatic hydroxyl groups is 5. The predicted molar refractivity (Wildman–Crippen MR) is 226 cm³/mol. The normalized spacial score (nSPS) is 22.4. The highest BCUT2D eigenvalue weighted by molar-refractivity contribution is 7.47. The van der Waals surface area contributed by atoms with Crippen molar-refractivity contribution in [1.29, 1.82) is 0 Å². The summed E-state index contributed by atoms with van der Waals surface area (Å²) in [6.07, 6.45) is 21.6. The van der Waals surface area contributed by atoms with Crippen LogP contribution in [0.2, 0.25) is 0 Å². The molecule has 0 aromatic rings. The second-order valence-corrected chi connectivity index (χ2v) is 18.0. The van der Waals surface area contributed by atoms with E-state index in [0.717, 1.165) is 38.5 Å². The van der Waals surface area contributed by atoms with E-state index in [1.807, 2.05) is 0 Å². The third-order valence-electron chi connectivity index (χ3n) is 11.2. The minimum absolute atomic E-state index is 0.105. The van der Waals surface area contributed by atoms with E-state index in [4.69, 9.17) is 18.5 Å². The second-order valence-electron chi connectivity index (χ2n) is 16.6. The molecule has 1 aliphatic carbocycles. The lowest BCUT2D eigenvalue weighted by molar-refractivity contribution is -0.220. The first-order valence-corrected chi connectivity index (χ1v) is 24.8. The van der Waals surface area contributed by atoms with Crippen LogP contribution in [0, 0.1) is 0 Å². The summed E-state index contributed by atoms with van der Waals surface area (Å²) in [5, 5.41) is 50.1. The maximum atomic E-state index is 12.8. The number of hydrogen-bond donors (Lipinski definition) is 6. The summed E-state index contributed by atoms with van der Waals surface area (Å²) in [5.74, 6) is -1.09. The van der Waals surface area contributed by atoms with E-state index < -0.39 is 75.7 Å². The van der Waals surface area contributed by atoms with Crippen LogP contribution >= 0.6 is 7.82 Å². The Morgan fingerprint density at radius 1 is 0.466 bits per heavy atom. The van der Waals surface area contributed by atoms with Gasteiger partial charge in [-0.2, -0.15) is 0 Å². The number of esters is 2. The zero-order valence-corrected chi connectivity index (χ0v) is 37.3. The van der Waals surface area contributed by atoms with Crippen molar-refractivity contribution in [2.45, 2.75) is 256 Å². The topological polar surface area (TPSA) is 210 Å². The second kappa shape index (κ2) is 35.4. The molecule has 0 aliphatic heterocycles. The van der Waals surface area contributed by atoms with Gasteiger partial charge in [-0.3, -0.25) is 18.6 Å². The lowest BCUT2D eigenvalue weighted by Gasteiger charge is -2.41. The van der Waals surface area contributed by atoms with Gasteiger partial charge in [-0.15, -0.1) is 0 Å². The molecule has 6 unspecified atom stereocenters. The number of carbonyl (C=O) groups is 2. The molecule has 0 aromatic heterocycles. The number of rotatable bonds is 39. The van der Waals surface area contributed by atoms with Gasteiger partial charge in [-0.1, -0.05) is 187 Å². The maximum Gasteiger partial charge on any atom is 0.472 e. The van der Waals surface area contributed by atoms with Crippen molar-refractivity contribution in [1.82, 2.24) is 0 Å². The molecular weight excluding hydrogens is 767 g/mol. The van der Waals surface area contributed by atoms with Crippen LogP contribution in [0.25, 0.3) is 0 Å². The van der Waals surface area contributed by atoms with Crippen molar-refractivity contribution < 1.29 is 63.1 Å². The molecule has 6 N–H and O–H groups in total. The molecule has 1 rings (SSSR count). The van der Waals surface area contributed by atoms with E-state index in [9.17, 15) is 44.6 Å². The molecule has 0 radical (unpaired) electrons. The summed E-state index contributed by atoms with van der Waals surface area (Å²) in [5.41, 5.74) is 0. The number of ether oxygens (including phenoxy) is 2. The van der Waals surface area contributed by atoms with Crippen LogP contribution in [0.15, 0.2) is 0 Å². The van der Waals surface area contributed by atoms with Gasteiger partial charge in [0.05, 0.1) is 6.61 Å². The fourth-order valence-electron chi connectivity index (χ4n) is 7.41. The fraction of sp³-hybridized carbons (Fsp3) is 0.955. The number of phosphoric acid groups is 1. The average Bonchev–Trinajstić information content (AvgIpc) is 3.20. The quantitative estimate of drug-likeness (QED) is 0.0194. The number of carbonyl (C=O) groups excluding carboxylic acids is 2. The Hall–Kier alpha value is -1.15. The van der Waals surface area contributed by atoms with Crippen molar-refractivity contribution >= 4 is 19.8 Å². The van der Waals surface area contributed by atoms with Gasteiger partial charge >= 0.3 is 19.8 Å². The third kappa shape index (κ3) is 27.6. The summed E-state index contributed by atoms with van der Waals surface area (Å²) >= 11 is 0. The summed E-state index contributed by atoms with van der Waals surface area (Å²) in [6.45, 7) is 3.31. The van der Waals surface area contributed by atoms with E-state index in [1.54, 1.807) is 0 Å². The Morgan fingerprint density at radius 2 is 0.776 bits per heavy atom. The molecule has 344 valence electrons. The average molecular weight is 853 g/mol. The summed E-state index contributed by atoms with van der Waals surface area (Å²) in [7, 11) is -5.11. The molecule has 1 aliphatic rings. The molecule has 14 heteroatoms. The SMILES string of the molecule is CCCCCCCCCCCCCCCCCCCCC(=O)O[C@H](COC(=O)CCCCCCCCCCCCC)COP(=O)(O)OC1C(O)C(O)C(O)[C@@H](O)C1O. The number of unbranched alkanes of at least 4 members (excludes halogenated alkanes) is 27. The van der Waals surface area contributed by atoms with Crippen LogP contribution in [-0.4, -0.2) is 98.3 Å². The van der Waals surface area contributed by atoms with Crippen LogP contribution < -0.4 is 0 Å². The Bertz CT molecular complexity index is 1030. The lowest BCUT2D eigenvalue weighted by atomic mass is 9.85. The van der Waals surface area contributed by atoms with E-state index >= 15 is 0 Å². The van der Waals surface area contributed by atoms with Gasteiger partial charge in [-0.25, -0.2) is 4.57 Å². The van der Waals surface area contributed by atoms with Crippen LogP contribution in [0.5, 0.6) is 0 Å². The van der Waals surface area contributed by atoms with E-state index in [0.29, 0.717) is 12.8 Å². The first-order valence-electron chi connectivity index (χ1n) is 23.3. The first-order chi connectivity index (χ1) is 27.9. The van der Waals surface area contributed by atoms with E-state index in [1.165, 1.54) is 135 Å². The molecule has 13 nitrogen and oxygen atoms in total. The van der Waals surface area contributed by atoms with Crippen LogP contribution in [0.3, 0.4) is 0 Å². The maximum absolute atomic E-state index is 12.8. The van der Waals surface area contributed by atoms with E-state index in [2.05, 4.69) is 13.8 Å². The van der Waals surface area contributed by atoms with Gasteiger partial charge in [0.25, 0.3) is 0 Å². The van der Waals surface area contributed by atoms with Gasteiger partial charge in [0.1, 0.15) is 43.2 Å². The Kier molecular flexibility index (Phi) is 33.5. The summed E-state index contributed by atoms with van der Waals surface area (Å²) < 4.78 is 33.5. The lowest BCUT2D eigenvalue weighted by Crippen LogP contribution is -2.64. The zero-order valence-electron chi connectivity index (χ0n) is 36.4. The van der Waals surface area contributed by atoms with Crippen molar-refractivity contribution in [2.24, 2.45) is 0 Å². The van der Waals surface area contributed by atoms with Crippen molar-refractivity contribution in [2.75, 3.05) is 13.2 Å². The molecule has 1 saturated carbocycles. The standard InChI is InChI=1S/C44H85O13P/c1-3-5-7-9-11-13-15-16-17-18-19-20-21-23-25-27-29-31-33-38(46)56-36(34-54-37(45)32-30-28-26-24-22-14-12-10-8-6-4-2)35-55-58(52,53)57-44-42(50)40(48)39(47)41(49)43(44)51/h36,39-44,47-51H,3-35H2,1-2H3,(H,52,53)/t36-,39?,40-,41?,42?,43?,44?/m1/s1. The molecule has 0 saturated heterocycles. The largest absolute Gasteiger partial charge is 0.472 e. The Labute approximate surface area is 351 Å². The van der Waals surface area contributed by atoms with Gasteiger partial charge in [-0.05, 0) is 12.8 Å². The highest BCUT2D eigenvalue weighted by Crippen LogP contribution is 2.47. The molecule has 58 heavy (non-hydrogen) atoms. The summed E-state index contributed by atoms with van der Waals surface area (Å²) in [4.78, 5) is 35.6. The Balaban J connectivity index is 2.42. The molecule has 0 heterocycles. The molecule has 1 fully saturated rings. The zero-order chi connectivity index (χ0) is 42.9. The fourth-order valence-corrected chi connectivity index (χ4v) is 8.38. The van der Waals surface area contributed by atoms with Crippen molar-refractivity contribution in [3.63, 3.8) is 0 Å². The van der Waals surface area contributed by atoms with Gasteiger partial charge in [0.15, 0.2) is 6.10 Å². The first kappa shape index (κ1) is 54.9. The minimum atomic E-state index is -5.11. The highest BCUT2D eigenvalue weighted by Gasteiger charge is 2.51. The van der Waals surface area contributed by atoms with Crippen molar-refractivity contribution in [3.05, 3.63) is 0 Å². The molecule has 0 amide bonds. The monoisotopic (exact) mass is 853 g/mol. The Morgan fingerprint density at radius 3 is 1.14 bits per heavy atom. The van der Waals surface area contributed by atoms with Crippen LogP contribution in [-0.2, 0) is 32.7 Å². The van der Waals surface area contributed by atoms with Gasteiger partial charge in [0, 0.05) is 12.8 Å². The third-order valence-corrected chi connectivity index (χ3v) is 12.2. The smallest absolute Gasteiger partial charge is 0.462 e. The molecular formula is C44H85O13P. The molecule has 0 aromatic carbocycles. The molecule has 0 spiro atoms. The summed E-state index contributed by atoms with van der Waals surface area (Å²) in [6, 6.07) is 0. The number of phosphoric ester groups is 1. The predicted octanol–water partition coefficient (Wildman–Crippen LogP) is 8.89. The molecule has 8 atom stereocenters. The number of aliphatic hydroxyl groups excluding tert-OH is 5. The van der Waals surface area contributed by atoms with Crippen LogP contribution in [0.4, 0.5) is 0 Å². The molecule has 0 bridgehead atoms.